The van der Waals surface area contributed by atoms with Crippen molar-refractivity contribution < 1.29 is 9.90 Å². The molecule has 0 spiro atoms. The van der Waals surface area contributed by atoms with Crippen LogP contribution in [-0.2, 0) is 16.6 Å². The fourth-order valence-electron chi connectivity index (χ4n) is 2.14. The number of aliphatic carboxylic acids is 1. The molecule has 0 saturated heterocycles. The molecule has 0 saturated carbocycles. The molecule has 0 bridgehead atoms. The number of benzene rings is 1. The van der Waals surface area contributed by atoms with Crippen LogP contribution in [0.2, 0.25) is 0 Å². The van der Waals surface area contributed by atoms with Crippen LogP contribution in [0, 0.1) is 5.92 Å². The van der Waals surface area contributed by atoms with Gasteiger partial charge in [-0.3, -0.25) is 4.79 Å². The Morgan fingerprint density at radius 1 is 1.33 bits per heavy atom. The van der Waals surface area contributed by atoms with Gasteiger partial charge in [-0.2, -0.15) is 0 Å². The molecule has 0 aliphatic carbocycles. The van der Waals surface area contributed by atoms with E-state index >= 15 is 0 Å². The van der Waals surface area contributed by atoms with Gasteiger partial charge in [0, 0.05) is 12.0 Å². The quantitative estimate of drug-likeness (QED) is 0.814. The second-order valence-corrected chi connectivity index (χ2v) is 5.63. The Balaban J connectivity index is 2.91. The molecule has 1 atom stereocenters. The minimum Gasteiger partial charge on any atom is -0.481 e. The first-order chi connectivity index (χ1) is 8.37. The SMILES string of the molecule is CC(C)Cc1ccc(C(C)(CN)CC(=O)O)cc1. The predicted octanol–water partition coefficient (Wildman–Crippen LogP) is 2.58. The Kier molecular flexibility index (Phi) is 4.91. The fraction of sp³-hybridized carbons (Fsp3) is 0.533. The Morgan fingerprint density at radius 3 is 2.28 bits per heavy atom. The highest BCUT2D eigenvalue weighted by Crippen LogP contribution is 2.27. The van der Waals surface area contributed by atoms with Crippen LogP contribution in [0.5, 0.6) is 0 Å². The molecular weight excluding hydrogens is 226 g/mol. The van der Waals surface area contributed by atoms with E-state index < -0.39 is 11.4 Å². The monoisotopic (exact) mass is 249 g/mol. The van der Waals surface area contributed by atoms with Crippen LogP contribution in [0.1, 0.15) is 38.3 Å². The van der Waals surface area contributed by atoms with Gasteiger partial charge >= 0.3 is 5.97 Å². The Morgan fingerprint density at radius 2 is 1.89 bits per heavy atom. The van der Waals surface area contributed by atoms with Crippen LogP contribution < -0.4 is 5.73 Å². The second kappa shape index (κ2) is 6.01. The number of hydrogen-bond acceptors (Lipinski definition) is 2. The third-order valence-electron chi connectivity index (χ3n) is 3.29. The summed E-state index contributed by atoms with van der Waals surface area (Å²) in [5.41, 5.74) is 7.54. The summed E-state index contributed by atoms with van der Waals surface area (Å²) < 4.78 is 0. The number of hydrogen-bond donors (Lipinski definition) is 2. The lowest BCUT2D eigenvalue weighted by molar-refractivity contribution is -0.138. The molecule has 0 heterocycles. The number of nitrogens with two attached hydrogens (primary N) is 1. The summed E-state index contributed by atoms with van der Waals surface area (Å²) in [5.74, 6) is -0.190. The zero-order chi connectivity index (χ0) is 13.8. The number of carbonyl (C=O) groups is 1. The second-order valence-electron chi connectivity index (χ2n) is 5.63. The normalized spacial score (nSPS) is 14.5. The third kappa shape index (κ3) is 3.84. The van der Waals surface area contributed by atoms with Crippen LogP contribution >= 0.6 is 0 Å². The van der Waals surface area contributed by atoms with Gasteiger partial charge < -0.3 is 10.8 Å². The van der Waals surface area contributed by atoms with Gasteiger partial charge in [0.1, 0.15) is 0 Å². The molecule has 1 rings (SSSR count). The third-order valence-corrected chi connectivity index (χ3v) is 3.29. The lowest BCUT2D eigenvalue weighted by atomic mass is 9.79. The molecule has 3 heteroatoms. The van der Waals surface area contributed by atoms with Crippen molar-refractivity contribution in [3.8, 4) is 0 Å². The van der Waals surface area contributed by atoms with E-state index in [2.05, 4.69) is 26.0 Å². The summed E-state index contributed by atoms with van der Waals surface area (Å²) in [7, 11) is 0. The van der Waals surface area contributed by atoms with Crippen molar-refractivity contribution in [1.82, 2.24) is 0 Å². The van der Waals surface area contributed by atoms with Crippen molar-refractivity contribution in [2.45, 2.75) is 39.0 Å². The maximum atomic E-state index is 10.9. The highest BCUT2D eigenvalue weighted by Gasteiger charge is 2.28. The zero-order valence-electron chi connectivity index (χ0n) is 11.4. The number of carboxylic acid groups (broad SMARTS) is 1. The zero-order valence-corrected chi connectivity index (χ0v) is 11.4. The van der Waals surface area contributed by atoms with Crippen molar-refractivity contribution in [3.63, 3.8) is 0 Å². The average Bonchev–Trinajstić information content (AvgIpc) is 2.28. The van der Waals surface area contributed by atoms with Gasteiger partial charge in [0.05, 0.1) is 6.42 Å². The Bertz CT molecular complexity index is 397. The first kappa shape index (κ1) is 14.7. The first-order valence-corrected chi connectivity index (χ1v) is 6.38. The Hall–Kier alpha value is -1.35. The molecule has 3 N–H and O–H groups in total. The van der Waals surface area contributed by atoms with Crippen molar-refractivity contribution >= 4 is 5.97 Å². The van der Waals surface area contributed by atoms with Crippen molar-refractivity contribution in [3.05, 3.63) is 35.4 Å². The molecule has 0 aliphatic rings. The van der Waals surface area contributed by atoms with Crippen LogP contribution in [0.15, 0.2) is 24.3 Å². The fourth-order valence-corrected chi connectivity index (χ4v) is 2.14. The molecule has 0 aromatic heterocycles. The van der Waals surface area contributed by atoms with Gasteiger partial charge in [-0.05, 0) is 23.5 Å². The Labute approximate surface area is 109 Å². The summed E-state index contributed by atoms with van der Waals surface area (Å²) >= 11 is 0. The van der Waals surface area contributed by atoms with Crippen molar-refractivity contribution in [1.29, 1.82) is 0 Å². The van der Waals surface area contributed by atoms with E-state index in [1.54, 1.807) is 0 Å². The lowest BCUT2D eigenvalue weighted by Crippen LogP contribution is -2.34. The number of rotatable bonds is 6. The highest BCUT2D eigenvalue weighted by molar-refractivity contribution is 5.69. The predicted molar refractivity (Wildman–Crippen MR) is 73.6 cm³/mol. The van der Waals surface area contributed by atoms with Gasteiger partial charge in [0.25, 0.3) is 0 Å². The first-order valence-electron chi connectivity index (χ1n) is 6.38. The van der Waals surface area contributed by atoms with Gasteiger partial charge in [-0.25, -0.2) is 0 Å². The van der Waals surface area contributed by atoms with Crippen LogP contribution in [-0.4, -0.2) is 17.6 Å². The van der Waals surface area contributed by atoms with E-state index in [-0.39, 0.29) is 6.42 Å². The largest absolute Gasteiger partial charge is 0.481 e. The molecular formula is C15H23NO2. The molecule has 0 fully saturated rings. The standard InChI is InChI=1S/C15H23NO2/c1-11(2)8-12-4-6-13(7-5-12)15(3,10-16)9-14(17)18/h4-7,11H,8-10,16H2,1-3H3,(H,17,18). The maximum absolute atomic E-state index is 10.9. The van der Waals surface area contributed by atoms with E-state index in [0.29, 0.717) is 12.5 Å². The van der Waals surface area contributed by atoms with Crippen LogP contribution in [0.25, 0.3) is 0 Å². The molecule has 0 amide bonds. The molecule has 3 nitrogen and oxygen atoms in total. The van der Waals surface area contributed by atoms with Crippen LogP contribution in [0.4, 0.5) is 0 Å². The van der Waals surface area contributed by atoms with Gasteiger partial charge in [0.15, 0.2) is 0 Å². The molecule has 1 aromatic rings. The van der Waals surface area contributed by atoms with Crippen molar-refractivity contribution in [2.75, 3.05) is 6.54 Å². The van der Waals surface area contributed by atoms with Crippen molar-refractivity contribution in [2.24, 2.45) is 11.7 Å². The molecule has 0 aliphatic heterocycles. The molecule has 100 valence electrons. The smallest absolute Gasteiger partial charge is 0.304 e. The highest BCUT2D eigenvalue weighted by atomic mass is 16.4. The van der Waals surface area contributed by atoms with E-state index in [0.717, 1.165) is 12.0 Å². The molecule has 18 heavy (non-hydrogen) atoms. The van der Waals surface area contributed by atoms with E-state index in [4.69, 9.17) is 10.8 Å². The molecule has 0 radical (unpaired) electrons. The minimum absolute atomic E-state index is 0.0625. The summed E-state index contributed by atoms with van der Waals surface area (Å²) in [4.78, 5) is 10.9. The van der Waals surface area contributed by atoms with Gasteiger partial charge in [0.2, 0.25) is 0 Å². The van der Waals surface area contributed by atoms with Crippen LogP contribution in [0.3, 0.4) is 0 Å². The van der Waals surface area contributed by atoms with Gasteiger partial charge in [-0.1, -0.05) is 45.0 Å². The van der Waals surface area contributed by atoms with E-state index in [1.807, 2.05) is 19.1 Å². The summed E-state index contributed by atoms with van der Waals surface area (Å²) in [5, 5.41) is 8.96. The molecule has 1 unspecified atom stereocenters. The summed E-state index contributed by atoms with van der Waals surface area (Å²) in [6, 6.07) is 8.16. The maximum Gasteiger partial charge on any atom is 0.304 e. The lowest BCUT2D eigenvalue weighted by Gasteiger charge is -2.27. The van der Waals surface area contributed by atoms with Gasteiger partial charge in [-0.15, -0.1) is 0 Å². The molecule has 1 aromatic carbocycles. The topological polar surface area (TPSA) is 63.3 Å². The van der Waals surface area contributed by atoms with E-state index in [1.165, 1.54) is 5.56 Å². The summed E-state index contributed by atoms with van der Waals surface area (Å²) in [6.07, 6.45) is 1.10. The van der Waals surface area contributed by atoms with E-state index in [9.17, 15) is 4.79 Å². The number of carboxylic acids is 1. The minimum atomic E-state index is -0.811. The summed E-state index contributed by atoms with van der Waals surface area (Å²) in [6.45, 7) is 6.60. The average molecular weight is 249 g/mol.